The van der Waals surface area contributed by atoms with Gasteiger partial charge in [0.15, 0.2) is 5.11 Å². The van der Waals surface area contributed by atoms with Crippen LogP contribution >= 0.6 is 12.2 Å². The molecule has 3 heteroatoms. The Morgan fingerprint density at radius 3 is 2.50 bits per heavy atom. The van der Waals surface area contributed by atoms with Gasteiger partial charge in [-0.15, -0.1) is 0 Å². The third-order valence-corrected chi connectivity index (χ3v) is 2.42. The lowest BCUT2D eigenvalue weighted by Gasteiger charge is -2.33. The number of nitrogens with zero attached hydrogens (tertiary/aromatic N) is 1. The van der Waals surface area contributed by atoms with Crippen LogP contribution in [0, 0.1) is 0 Å². The third kappa shape index (κ3) is 1.24. The van der Waals surface area contributed by atoms with Crippen LogP contribution in [-0.2, 0) is 0 Å². The van der Waals surface area contributed by atoms with Crippen LogP contribution in [0.15, 0.2) is 0 Å². The quantitative estimate of drug-likeness (QED) is 0.563. The normalized spacial score (nSPS) is 23.8. The third-order valence-electron chi connectivity index (χ3n) is 2.05. The molecule has 2 fully saturated rings. The van der Waals surface area contributed by atoms with Gasteiger partial charge in [-0.2, -0.15) is 0 Å². The second kappa shape index (κ2) is 2.38. The first-order valence-electron chi connectivity index (χ1n) is 3.92. The number of likely N-dealkylation sites (tertiary alicyclic amines) is 1. The van der Waals surface area contributed by atoms with Crippen molar-refractivity contribution in [2.24, 2.45) is 0 Å². The second-order valence-electron chi connectivity index (χ2n) is 3.06. The molecule has 0 aromatic rings. The molecule has 10 heavy (non-hydrogen) atoms. The number of hydrogen-bond donors (Lipinski definition) is 1. The Balaban J connectivity index is 1.74. The molecule has 0 spiro atoms. The van der Waals surface area contributed by atoms with Gasteiger partial charge < -0.3 is 10.2 Å². The van der Waals surface area contributed by atoms with Crippen molar-refractivity contribution in [1.29, 1.82) is 0 Å². The molecular weight excluding hydrogens is 144 g/mol. The van der Waals surface area contributed by atoms with Crippen molar-refractivity contribution in [3.8, 4) is 0 Å². The smallest absolute Gasteiger partial charge is 0.169 e. The Bertz CT molecular complexity index is 150. The lowest BCUT2D eigenvalue weighted by Crippen LogP contribution is -2.48. The summed E-state index contributed by atoms with van der Waals surface area (Å²) in [5.41, 5.74) is 0. The predicted molar refractivity (Wildman–Crippen MR) is 44.9 cm³/mol. The van der Waals surface area contributed by atoms with Gasteiger partial charge in [-0.05, 0) is 31.5 Å². The highest BCUT2D eigenvalue weighted by Crippen LogP contribution is 2.19. The maximum absolute atomic E-state index is 5.16. The molecule has 1 aliphatic heterocycles. The molecule has 0 aromatic heterocycles. The fourth-order valence-corrected chi connectivity index (χ4v) is 1.36. The van der Waals surface area contributed by atoms with Crippen LogP contribution in [0.5, 0.6) is 0 Å². The minimum absolute atomic E-state index is 0.716. The summed E-state index contributed by atoms with van der Waals surface area (Å²) in [6, 6.07) is 0.716. The van der Waals surface area contributed by atoms with E-state index in [4.69, 9.17) is 12.2 Å². The van der Waals surface area contributed by atoms with Crippen LogP contribution in [0.2, 0.25) is 0 Å². The zero-order valence-corrected chi connectivity index (χ0v) is 6.78. The van der Waals surface area contributed by atoms with E-state index in [9.17, 15) is 0 Å². The highest BCUT2D eigenvalue weighted by atomic mass is 32.1. The molecule has 2 nitrogen and oxygen atoms in total. The molecule has 0 radical (unpaired) electrons. The number of thiocarbonyl (C=S) groups is 1. The molecule has 0 unspecified atom stereocenters. The summed E-state index contributed by atoms with van der Waals surface area (Å²) < 4.78 is 0. The van der Waals surface area contributed by atoms with Crippen LogP contribution in [0.3, 0.4) is 0 Å². The zero-order valence-electron chi connectivity index (χ0n) is 5.97. The monoisotopic (exact) mass is 156 g/mol. The van der Waals surface area contributed by atoms with Crippen molar-refractivity contribution in [2.75, 3.05) is 13.1 Å². The van der Waals surface area contributed by atoms with E-state index in [1.165, 1.54) is 32.4 Å². The zero-order chi connectivity index (χ0) is 6.97. The van der Waals surface area contributed by atoms with Crippen LogP contribution in [0.25, 0.3) is 0 Å². The average molecular weight is 156 g/mol. The summed E-state index contributed by atoms with van der Waals surface area (Å²) >= 11 is 5.16. The van der Waals surface area contributed by atoms with E-state index in [-0.39, 0.29) is 0 Å². The van der Waals surface area contributed by atoms with Crippen molar-refractivity contribution < 1.29 is 0 Å². The molecule has 56 valence electrons. The van der Waals surface area contributed by atoms with Crippen LogP contribution in [-0.4, -0.2) is 29.1 Å². The first kappa shape index (κ1) is 6.40. The fraction of sp³-hybridized carbons (Fsp3) is 0.857. The van der Waals surface area contributed by atoms with Gasteiger partial charge in [0, 0.05) is 19.1 Å². The van der Waals surface area contributed by atoms with E-state index < -0.39 is 0 Å². The Kier molecular flexibility index (Phi) is 1.52. The highest BCUT2D eigenvalue weighted by Gasteiger charge is 2.25. The van der Waals surface area contributed by atoms with Crippen LogP contribution in [0.1, 0.15) is 19.3 Å². The molecule has 0 amide bonds. The van der Waals surface area contributed by atoms with E-state index in [2.05, 4.69) is 10.2 Å². The minimum atomic E-state index is 0.716. The van der Waals surface area contributed by atoms with Crippen molar-refractivity contribution in [1.82, 2.24) is 10.2 Å². The van der Waals surface area contributed by atoms with E-state index in [1.807, 2.05) is 0 Å². The van der Waals surface area contributed by atoms with Gasteiger partial charge in [-0.1, -0.05) is 0 Å². The molecule has 1 saturated heterocycles. The predicted octanol–water partition coefficient (Wildman–Crippen LogP) is 0.729. The molecule has 0 aromatic carbocycles. The first-order valence-corrected chi connectivity index (χ1v) is 4.32. The van der Waals surface area contributed by atoms with Gasteiger partial charge in [-0.25, -0.2) is 0 Å². The number of hydrogen-bond acceptors (Lipinski definition) is 1. The van der Waals surface area contributed by atoms with Crippen molar-refractivity contribution in [2.45, 2.75) is 25.3 Å². The van der Waals surface area contributed by atoms with Crippen molar-refractivity contribution in [3.63, 3.8) is 0 Å². The van der Waals surface area contributed by atoms with Gasteiger partial charge >= 0.3 is 0 Å². The topological polar surface area (TPSA) is 15.3 Å². The first-order chi connectivity index (χ1) is 4.86. The lowest BCUT2D eigenvalue weighted by atomic mass is 10.2. The average Bonchev–Trinajstić information content (AvgIpc) is 2.43. The molecule has 1 N–H and O–H groups in total. The molecule has 1 aliphatic carbocycles. The van der Waals surface area contributed by atoms with Gasteiger partial charge in [0.05, 0.1) is 0 Å². The fourth-order valence-electron chi connectivity index (χ4n) is 1.01. The maximum atomic E-state index is 5.16. The minimum Gasteiger partial charge on any atom is -0.360 e. The van der Waals surface area contributed by atoms with Crippen molar-refractivity contribution >= 4 is 17.3 Å². The van der Waals surface area contributed by atoms with Crippen molar-refractivity contribution in [3.05, 3.63) is 0 Å². The maximum Gasteiger partial charge on any atom is 0.169 e. The standard InChI is InChI=1S/C7H12N2S/c10-7(8-6-2-3-6)9-4-1-5-9/h6H,1-5H2,(H,8,10). The molecule has 1 saturated carbocycles. The lowest BCUT2D eigenvalue weighted by molar-refractivity contribution is 0.295. The summed E-state index contributed by atoms with van der Waals surface area (Å²) in [6.45, 7) is 2.33. The summed E-state index contributed by atoms with van der Waals surface area (Å²) in [5, 5.41) is 4.29. The van der Waals surface area contributed by atoms with Gasteiger partial charge in [-0.3, -0.25) is 0 Å². The highest BCUT2D eigenvalue weighted by molar-refractivity contribution is 7.80. The van der Waals surface area contributed by atoms with E-state index >= 15 is 0 Å². The molecule has 0 atom stereocenters. The SMILES string of the molecule is S=C(NC1CC1)N1CCC1. The second-order valence-corrected chi connectivity index (χ2v) is 3.45. The van der Waals surface area contributed by atoms with E-state index in [1.54, 1.807) is 0 Å². The van der Waals surface area contributed by atoms with Crippen LogP contribution < -0.4 is 5.32 Å². The van der Waals surface area contributed by atoms with E-state index in [0.29, 0.717) is 6.04 Å². The van der Waals surface area contributed by atoms with Crippen LogP contribution in [0.4, 0.5) is 0 Å². The van der Waals surface area contributed by atoms with Gasteiger partial charge in [0.2, 0.25) is 0 Å². The van der Waals surface area contributed by atoms with Gasteiger partial charge in [0.25, 0.3) is 0 Å². The number of nitrogens with one attached hydrogen (secondary N) is 1. The molecule has 1 heterocycles. The van der Waals surface area contributed by atoms with Gasteiger partial charge in [0.1, 0.15) is 0 Å². The van der Waals surface area contributed by atoms with E-state index in [0.717, 1.165) is 5.11 Å². The molecule has 0 bridgehead atoms. The Hall–Kier alpha value is -0.310. The molecule has 2 rings (SSSR count). The summed E-state index contributed by atoms with van der Waals surface area (Å²) in [5.74, 6) is 0. The molecular formula is C7H12N2S. The summed E-state index contributed by atoms with van der Waals surface area (Å²) in [7, 11) is 0. The Morgan fingerprint density at radius 1 is 1.40 bits per heavy atom. The Labute approximate surface area is 66.6 Å². The Morgan fingerprint density at radius 2 is 2.10 bits per heavy atom. The number of rotatable bonds is 1. The summed E-state index contributed by atoms with van der Waals surface area (Å²) in [4.78, 5) is 2.23. The largest absolute Gasteiger partial charge is 0.360 e. The molecule has 2 aliphatic rings. The summed E-state index contributed by atoms with van der Waals surface area (Å²) in [6.07, 6.45) is 3.94.